The van der Waals surface area contributed by atoms with Crippen LogP contribution < -0.4 is 10.3 Å². The largest absolute Gasteiger partial charge is 0.361 e. The molecule has 2 aromatic carbocycles. The lowest BCUT2D eigenvalue weighted by Gasteiger charge is -2.53. The van der Waals surface area contributed by atoms with Gasteiger partial charge in [-0.25, -0.2) is 10.0 Å². The van der Waals surface area contributed by atoms with E-state index in [0.29, 0.717) is 24.1 Å². The SMILES string of the molecule is CC12CCC(=O)N(c3ccccc3)N1C(=O)c1ccccc1N2. The summed E-state index contributed by atoms with van der Waals surface area (Å²) in [5.74, 6) is -0.220. The zero-order valence-electron chi connectivity index (χ0n) is 12.8. The van der Waals surface area contributed by atoms with E-state index in [2.05, 4.69) is 5.32 Å². The van der Waals surface area contributed by atoms with E-state index in [1.54, 1.807) is 11.1 Å². The maximum atomic E-state index is 13.1. The van der Waals surface area contributed by atoms with Gasteiger partial charge in [-0.05, 0) is 37.6 Å². The first-order valence-electron chi connectivity index (χ1n) is 7.70. The first-order chi connectivity index (χ1) is 11.1. The fraction of sp³-hybridized carbons (Fsp3) is 0.222. The van der Waals surface area contributed by atoms with Crippen LogP contribution in [0.5, 0.6) is 0 Å². The molecule has 2 heterocycles. The molecule has 1 saturated heterocycles. The van der Waals surface area contributed by atoms with Gasteiger partial charge in [0.1, 0.15) is 5.66 Å². The molecule has 116 valence electrons. The molecule has 0 aliphatic carbocycles. The number of hydrazine groups is 1. The van der Waals surface area contributed by atoms with Crippen LogP contribution in [-0.2, 0) is 4.79 Å². The van der Waals surface area contributed by atoms with Gasteiger partial charge in [-0.2, -0.15) is 0 Å². The molecule has 5 nitrogen and oxygen atoms in total. The van der Waals surface area contributed by atoms with Gasteiger partial charge in [0, 0.05) is 12.1 Å². The molecule has 23 heavy (non-hydrogen) atoms. The molecule has 0 saturated carbocycles. The van der Waals surface area contributed by atoms with Crippen LogP contribution in [-0.4, -0.2) is 22.5 Å². The summed E-state index contributed by atoms with van der Waals surface area (Å²) in [6.07, 6.45) is 0.972. The predicted octanol–water partition coefficient (Wildman–Crippen LogP) is 3.01. The Hall–Kier alpha value is -2.82. The third-order valence-electron chi connectivity index (χ3n) is 4.48. The zero-order valence-corrected chi connectivity index (χ0v) is 12.8. The number of fused-ring (bicyclic) bond motifs is 2. The molecular weight excluding hydrogens is 290 g/mol. The lowest BCUT2D eigenvalue weighted by molar-refractivity contribution is -0.126. The van der Waals surface area contributed by atoms with Crippen LogP contribution in [0.4, 0.5) is 11.4 Å². The van der Waals surface area contributed by atoms with Gasteiger partial charge < -0.3 is 5.32 Å². The van der Waals surface area contributed by atoms with Crippen molar-refractivity contribution in [2.45, 2.75) is 25.4 Å². The van der Waals surface area contributed by atoms with Crippen molar-refractivity contribution in [3.05, 3.63) is 60.2 Å². The van der Waals surface area contributed by atoms with Crippen molar-refractivity contribution in [3.8, 4) is 0 Å². The molecule has 4 rings (SSSR count). The van der Waals surface area contributed by atoms with Crippen molar-refractivity contribution >= 4 is 23.2 Å². The number of nitrogens with one attached hydrogen (secondary N) is 1. The van der Waals surface area contributed by atoms with Crippen LogP contribution in [0.25, 0.3) is 0 Å². The summed E-state index contributed by atoms with van der Waals surface area (Å²) < 4.78 is 0. The van der Waals surface area contributed by atoms with Gasteiger partial charge in [0.25, 0.3) is 5.91 Å². The number of nitrogens with zero attached hydrogens (tertiary/aromatic N) is 2. The number of benzene rings is 2. The van der Waals surface area contributed by atoms with Crippen molar-refractivity contribution in [1.82, 2.24) is 5.01 Å². The highest BCUT2D eigenvalue weighted by Crippen LogP contribution is 2.39. The van der Waals surface area contributed by atoms with E-state index in [0.717, 1.165) is 5.69 Å². The smallest absolute Gasteiger partial charge is 0.277 e. The maximum Gasteiger partial charge on any atom is 0.277 e. The third kappa shape index (κ3) is 2.00. The van der Waals surface area contributed by atoms with Crippen molar-refractivity contribution in [1.29, 1.82) is 0 Å². The van der Waals surface area contributed by atoms with Crippen LogP contribution in [0.15, 0.2) is 54.6 Å². The van der Waals surface area contributed by atoms with Gasteiger partial charge in [-0.3, -0.25) is 9.59 Å². The molecular formula is C18H17N3O2. The molecule has 0 spiro atoms. The molecule has 1 N–H and O–H groups in total. The lowest BCUT2D eigenvalue weighted by atomic mass is 9.95. The molecule has 5 heteroatoms. The summed E-state index contributed by atoms with van der Waals surface area (Å²) in [6, 6.07) is 16.7. The van der Waals surface area contributed by atoms with Gasteiger partial charge in [0.15, 0.2) is 0 Å². The Bertz CT molecular complexity index is 790. The summed E-state index contributed by atoms with van der Waals surface area (Å²) in [6.45, 7) is 1.96. The molecule has 2 aliphatic heterocycles. The number of carbonyl (C=O) groups is 2. The minimum Gasteiger partial charge on any atom is -0.361 e. The molecule has 1 atom stereocenters. The summed E-state index contributed by atoms with van der Waals surface area (Å²) in [5.41, 5.74) is 1.49. The first-order valence-corrected chi connectivity index (χ1v) is 7.70. The molecule has 2 aliphatic rings. The van der Waals surface area contributed by atoms with Crippen molar-refractivity contribution in [3.63, 3.8) is 0 Å². The van der Waals surface area contributed by atoms with Crippen molar-refractivity contribution < 1.29 is 9.59 Å². The van der Waals surface area contributed by atoms with Gasteiger partial charge in [-0.1, -0.05) is 30.3 Å². The number of rotatable bonds is 1. The maximum absolute atomic E-state index is 13.1. The average molecular weight is 307 g/mol. The number of anilines is 2. The average Bonchev–Trinajstić information content (AvgIpc) is 2.57. The Labute approximate surface area is 134 Å². The molecule has 0 radical (unpaired) electrons. The molecule has 0 bridgehead atoms. The van der Waals surface area contributed by atoms with E-state index in [9.17, 15) is 9.59 Å². The van der Waals surface area contributed by atoms with Crippen LogP contribution in [0.1, 0.15) is 30.1 Å². The Morgan fingerprint density at radius 1 is 1.00 bits per heavy atom. The van der Waals surface area contributed by atoms with E-state index in [4.69, 9.17) is 0 Å². The molecule has 2 aromatic rings. The standard InChI is InChI=1S/C18H17N3O2/c1-18-12-11-16(22)20(13-7-3-2-4-8-13)21(18)17(23)14-9-5-6-10-15(14)19-18/h2-10,19H,11-12H2,1H3. The van der Waals surface area contributed by atoms with E-state index >= 15 is 0 Å². The summed E-state index contributed by atoms with van der Waals surface area (Å²) in [7, 11) is 0. The fourth-order valence-electron chi connectivity index (χ4n) is 3.34. The summed E-state index contributed by atoms with van der Waals surface area (Å²) in [5, 5.41) is 6.51. The summed E-state index contributed by atoms with van der Waals surface area (Å²) >= 11 is 0. The van der Waals surface area contributed by atoms with E-state index in [-0.39, 0.29) is 11.8 Å². The van der Waals surface area contributed by atoms with Gasteiger partial charge in [0.2, 0.25) is 5.91 Å². The number of amides is 2. The normalized spacial score (nSPS) is 23.2. The highest BCUT2D eigenvalue weighted by Gasteiger charge is 2.49. The van der Waals surface area contributed by atoms with E-state index < -0.39 is 5.66 Å². The summed E-state index contributed by atoms with van der Waals surface area (Å²) in [4.78, 5) is 25.6. The van der Waals surface area contributed by atoms with Crippen LogP contribution >= 0.6 is 0 Å². The fourth-order valence-corrected chi connectivity index (χ4v) is 3.34. The highest BCUT2D eigenvalue weighted by atomic mass is 16.2. The zero-order chi connectivity index (χ0) is 16.0. The van der Waals surface area contributed by atoms with E-state index in [1.807, 2.05) is 55.5 Å². The highest BCUT2D eigenvalue weighted by molar-refractivity contribution is 6.07. The van der Waals surface area contributed by atoms with Crippen LogP contribution in [0.2, 0.25) is 0 Å². The predicted molar refractivity (Wildman–Crippen MR) is 87.8 cm³/mol. The number of carbonyl (C=O) groups excluding carboxylic acids is 2. The lowest BCUT2D eigenvalue weighted by Crippen LogP contribution is -2.69. The van der Waals surface area contributed by atoms with Gasteiger partial charge >= 0.3 is 0 Å². The molecule has 1 fully saturated rings. The molecule has 0 aromatic heterocycles. The van der Waals surface area contributed by atoms with Gasteiger partial charge in [-0.15, -0.1) is 0 Å². The Morgan fingerprint density at radius 3 is 2.48 bits per heavy atom. The van der Waals surface area contributed by atoms with E-state index in [1.165, 1.54) is 5.01 Å². The second-order valence-electron chi connectivity index (χ2n) is 6.10. The number of hydrogen-bond acceptors (Lipinski definition) is 3. The molecule has 1 unspecified atom stereocenters. The van der Waals surface area contributed by atoms with Crippen molar-refractivity contribution in [2.24, 2.45) is 0 Å². The van der Waals surface area contributed by atoms with Crippen molar-refractivity contribution in [2.75, 3.05) is 10.3 Å². The van der Waals surface area contributed by atoms with Gasteiger partial charge in [0.05, 0.1) is 11.3 Å². The minimum atomic E-state index is -0.616. The third-order valence-corrected chi connectivity index (χ3v) is 4.48. The minimum absolute atomic E-state index is 0.0665. The van der Waals surface area contributed by atoms with Crippen LogP contribution in [0.3, 0.4) is 0 Å². The molecule has 2 amide bonds. The number of hydrogen-bond donors (Lipinski definition) is 1. The van der Waals surface area contributed by atoms with Crippen LogP contribution in [0, 0.1) is 0 Å². The second kappa shape index (κ2) is 4.84. The second-order valence-corrected chi connectivity index (χ2v) is 6.10. The quantitative estimate of drug-likeness (QED) is 0.881. The Balaban J connectivity index is 1.86. The Kier molecular flexibility index (Phi) is 2.91. The number of para-hydroxylation sites is 2. The topological polar surface area (TPSA) is 52.7 Å². The Morgan fingerprint density at radius 2 is 1.70 bits per heavy atom. The monoisotopic (exact) mass is 307 g/mol. The first kappa shape index (κ1) is 13.8.